The highest BCUT2D eigenvalue weighted by atomic mass is 35.5. The van der Waals surface area contributed by atoms with Gasteiger partial charge in [0.2, 0.25) is 0 Å². The Balaban J connectivity index is 1.53. The molecule has 0 atom stereocenters. The molecule has 2 aliphatic carbocycles. The minimum Gasteiger partial charge on any atom is -0.487 e. The summed E-state index contributed by atoms with van der Waals surface area (Å²) in [4.78, 5) is 40.0. The van der Waals surface area contributed by atoms with Gasteiger partial charge in [-0.3, -0.25) is 14.4 Å². The topological polar surface area (TPSA) is 83.9 Å². The summed E-state index contributed by atoms with van der Waals surface area (Å²) in [5.74, 6) is -0.924. The molecule has 0 radical (unpaired) electrons. The maximum Gasteiger partial charge on any atom is 0.305 e. The van der Waals surface area contributed by atoms with Gasteiger partial charge in [-0.2, -0.15) is 0 Å². The Morgan fingerprint density at radius 1 is 0.919 bits per heavy atom. The molecular formula is C29H27Cl2NO5. The van der Waals surface area contributed by atoms with Crippen molar-refractivity contribution in [2.24, 2.45) is 0 Å². The van der Waals surface area contributed by atoms with E-state index < -0.39 is 11.9 Å². The molecule has 1 N–H and O–H groups in total. The van der Waals surface area contributed by atoms with Crippen molar-refractivity contribution in [3.63, 3.8) is 0 Å². The number of ketones is 2. The van der Waals surface area contributed by atoms with Crippen LogP contribution in [0.1, 0.15) is 62.0 Å². The first-order valence-corrected chi connectivity index (χ1v) is 13.3. The summed E-state index contributed by atoms with van der Waals surface area (Å²) in [5, 5.41) is 10.3. The van der Waals surface area contributed by atoms with Crippen LogP contribution in [0.15, 0.2) is 65.0 Å². The molecule has 0 saturated heterocycles. The zero-order valence-corrected chi connectivity index (χ0v) is 21.8. The van der Waals surface area contributed by atoms with Gasteiger partial charge in [0.1, 0.15) is 12.4 Å². The number of carbonyl (C=O) groups is 3. The van der Waals surface area contributed by atoms with Gasteiger partial charge in [-0.15, -0.1) is 0 Å². The lowest BCUT2D eigenvalue weighted by Gasteiger charge is -2.44. The number of hydrogen-bond donors (Lipinski definition) is 1. The minimum atomic E-state index is -0.908. The molecule has 0 amide bonds. The van der Waals surface area contributed by atoms with E-state index in [4.69, 9.17) is 27.9 Å². The van der Waals surface area contributed by atoms with Gasteiger partial charge < -0.3 is 14.7 Å². The van der Waals surface area contributed by atoms with Crippen molar-refractivity contribution in [1.29, 1.82) is 0 Å². The number of carboxylic acids is 1. The van der Waals surface area contributed by atoms with Crippen LogP contribution in [0.3, 0.4) is 0 Å². The van der Waals surface area contributed by atoms with Crippen molar-refractivity contribution in [2.75, 3.05) is 6.54 Å². The molecule has 3 aliphatic rings. The lowest BCUT2D eigenvalue weighted by molar-refractivity contribution is -0.137. The molecule has 6 nitrogen and oxygen atoms in total. The third-order valence-electron chi connectivity index (χ3n) is 7.27. The van der Waals surface area contributed by atoms with E-state index in [1.807, 2.05) is 29.2 Å². The first kappa shape index (κ1) is 25.6. The first-order valence-electron chi connectivity index (χ1n) is 12.5. The Kier molecular flexibility index (Phi) is 7.40. The molecule has 0 spiro atoms. The molecule has 1 aliphatic heterocycles. The molecule has 1 heterocycles. The number of allylic oxidation sites excluding steroid dienone is 4. The zero-order chi connectivity index (χ0) is 26.1. The van der Waals surface area contributed by atoms with Crippen LogP contribution in [0.4, 0.5) is 0 Å². The van der Waals surface area contributed by atoms with Crippen molar-refractivity contribution in [3.8, 4) is 5.75 Å². The van der Waals surface area contributed by atoms with Crippen LogP contribution in [0.25, 0.3) is 0 Å². The van der Waals surface area contributed by atoms with Crippen LogP contribution in [0.2, 0.25) is 10.0 Å². The summed E-state index contributed by atoms with van der Waals surface area (Å²) in [5.41, 5.74) is 4.51. The first-order chi connectivity index (χ1) is 17.8. The molecule has 8 heteroatoms. The fourth-order valence-corrected chi connectivity index (χ4v) is 6.05. The minimum absolute atomic E-state index is 0.00617. The van der Waals surface area contributed by atoms with Crippen molar-refractivity contribution in [1.82, 2.24) is 4.90 Å². The lowest BCUT2D eigenvalue weighted by atomic mass is 9.71. The van der Waals surface area contributed by atoms with Crippen LogP contribution in [-0.4, -0.2) is 34.1 Å². The molecule has 0 fully saturated rings. The van der Waals surface area contributed by atoms with Gasteiger partial charge >= 0.3 is 5.97 Å². The second-order valence-electron chi connectivity index (χ2n) is 9.57. The fourth-order valence-electron chi connectivity index (χ4n) is 5.61. The van der Waals surface area contributed by atoms with Gasteiger partial charge in [-0.1, -0.05) is 47.5 Å². The number of halogens is 2. The van der Waals surface area contributed by atoms with Crippen molar-refractivity contribution in [2.45, 2.75) is 57.5 Å². The number of nitrogens with zero attached hydrogens (tertiary/aromatic N) is 1. The molecule has 37 heavy (non-hydrogen) atoms. The average molecular weight is 540 g/mol. The van der Waals surface area contributed by atoms with Crippen molar-refractivity contribution in [3.05, 3.63) is 86.2 Å². The van der Waals surface area contributed by atoms with Crippen LogP contribution in [0.5, 0.6) is 5.75 Å². The van der Waals surface area contributed by atoms with E-state index in [2.05, 4.69) is 0 Å². The highest BCUT2D eigenvalue weighted by Crippen LogP contribution is 2.49. The standard InChI is InChI=1S/C29H27Cl2NO5/c30-19-6-2-1-5-18(19)16-37-25-12-11-17(15-20(25)31)27-28-21(7-3-9-23(28)33)32(14-13-26(35)36)22-8-4-10-24(34)29(22)27/h1-2,5-6,11-12,15,27H,3-4,7-10,13-14,16H2,(H,35,36). The Morgan fingerprint density at radius 3 is 2.16 bits per heavy atom. The summed E-state index contributed by atoms with van der Waals surface area (Å²) in [6.45, 7) is 0.498. The normalized spacial score (nSPS) is 18.2. The van der Waals surface area contributed by atoms with E-state index in [0.717, 1.165) is 22.5 Å². The maximum absolute atomic E-state index is 13.3. The monoisotopic (exact) mass is 539 g/mol. The quantitative estimate of drug-likeness (QED) is 0.434. The summed E-state index contributed by atoms with van der Waals surface area (Å²) < 4.78 is 5.93. The van der Waals surface area contributed by atoms with Gasteiger partial charge in [-0.05, 0) is 49.4 Å². The fraction of sp³-hybridized carbons (Fsp3) is 0.345. The highest BCUT2D eigenvalue weighted by molar-refractivity contribution is 6.32. The maximum atomic E-state index is 13.3. The number of benzene rings is 2. The number of carboxylic acid groups (broad SMARTS) is 1. The van der Waals surface area contributed by atoms with Gasteiger partial charge in [0, 0.05) is 58.4 Å². The second-order valence-corrected chi connectivity index (χ2v) is 10.4. The van der Waals surface area contributed by atoms with E-state index in [1.165, 1.54) is 0 Å². The van der Waals surface area contributed by atoms with Gasteiger partial charge in [-0.25, -0.2) is 0 Å². The molecule has 192 valence electrons. The zero-order valence-electron chi connectivity index (χ0n) is 20.3. The summed E-state index contributed by atoms with van der Waals surface area (Å²) >= 11 is 12.9. The Hall–Kier alpha value is -3.09. The van der Waals surface area contributed by atoms with Gasteiger partial charge in [0.25, 0.3) is 0 Å². The van der Waals surface area contributed by atoms with Crippen LogP contribution < -0.4 is 4.74 Å². The summed E-state index contributed by atoms with van der Waals surface area (Å²) in [7, 11) is 0. The molecule has 0 unspecified atom stereocenters. The second kappa shape index (κ2) is 10.7. The molecule has 2 aromatic carbocycles. The van der Waals surface area contributed by atoms with E-state index in [9.17, 15) is 19.5 Å². The Labute approximate surface area is 225 Å². The number of hydrogen-bond acceptors (Lipinski definition) is 5. The van der Waals surface area contributed by atoms with Gasteiger partial charge in [0.05, 0.1) is 11.4 Å². The summed E-state index contributed by atoms with van der Waals surface area (Å²) in [6.07, 6.45) is 3.52. The van der Waals surface area contributed by atoms with E-state index in [1.54, 1.807) is 18.2 Å². The van der Waals surface area contributed by atoms with Crippen LogP contribution >= 0.6 is 23.2 Å². The number of rotatable bonds is 7. The predicted molar refractivity (Wildman–Crippen MR) is 141 cm³/mol. The molecule has 0 saturated carbocycles. The van der Waals surface area contributed by atoms with Gasteiger partial charge in [0.15, 0.2) is 11.6 Å². The smallest absolute Gasteiger partial charge is 0.305 e. The molecule has 0 bridgehead atoms. The number of Topliss-reactive ketones (excluding diaryl/α,β-unsaturated/α-hetero) is 2. The van der Waals surface area contributed by atoms with E-state index in [-0.39, 0.29) is 31.1 Å². The molecular weight excluding hydrogens is 513 g/mol. The van der Waals surface area contributed by atoms with Crippen molar-refractivity contribution < 1.29 is 24.2 Å². The van der Waals surface area contributed by atoms with Crippen LogP contribution in [-0.2, 0) is 21.0 Å². The molecule has 0 aromatic heterocycles. The largest absolute Gasteiger partial charge is 0.487 e. The van der Waals surface area contributed by atoms with Crippen LogP contribution in [0, 0.1) is 0 Å². The Bertz CT molecular complexity index is 1300. The molecule has 2 aromatic rings. The predicted octanol–water partition coefficient (Wildman–Crippen LogP) is 6.46. The Morgan fingerprint density at radius 2 is 1.57 bits per heavy atom. The molecule has 5 rings (SSSR count). The number of ether oxygens (including phenoxy) is 1. The average Bonchev–Trinajstić information content (AvgIpc) is 2.87. The lowest BCUT2D eigenvalue weighted by Crippen LogP contribution is -2.39. The third kappa shape index (κ3) is 5.05. The number of aliphatic carboxylic acids is 1. The van der Waals surface area contributed by atoms with Crippen molar-refractivity contribution >= 4 is 40.7 Å². The SMILES string of the molecule is O=C(O)CCN1C2=C(C(=O)CCC2)C(c2ccc(OCc3ccccc3Cl)c(Cl)c2)C2=C1CCCC2=O. The van der Waals surface area contributed by atoms with E-state index >= 15 is 0 Å². The third-order valence-corrected chi connectivity index (χ3v) is 7.93. The summed E-state index contributed by atoms with van der Waals surface area (Å²) in [6, 6.07) is 12.8. The number of carbonyl (C=O) groups excluding carboxylic acids is 2. The van der Waals surface area contributed by atoms with E-state index in [0.29, 0.717) is 65.5 Å². The highest BCUT2D eigenvalue weighted by Gasteiger charge is 2.43.